The molecule has 5 nitrogen and oxygen atoms in total. The summed E-state index contributed by atoms with van der Waals surface area (Å²) in [5.74, 6) is -0.857. The van der Waals surface area contributed by atoms with E-state index in [1.54, 1.807) is 38.2 Å². The number of nitrogens with zero attached hydrogens (tertiary/aromatic N) is 3. The monoisotopic (exact) mass is 283 g/mol. The Morgan fingerprint density at radius 2 is 2.10 bits per heavy atom. The van der Waals surface area contributed by atoms with Gasteiger partial charge in [0.15, 0.2) is 0 Å². The molecule has 1 N–H and O–H groups in total. The maximum Gasteiger partial charge on any atom is 0.320 e. The van der Waals surface area contributed by atoms with Crippen LogP contribution in [0.2, 0.25) is 0 Å². The molecule has 1 aromatic heterocycles. The number of para-hydroxylation sites is 2. The Kier molecular flexibility index (Phi) is 3.99. The lowest BCUT2D eigenvalue weighted by Crippen LogP contribution is -2.30. The van der Waals surface area contributed by atoms with Crippen LogP contribution in [0.1, 0.15) is 25.3 Å². The highest BCUT2D eigenvalue weighted by atomic mass is 19.3. The number of hydrogen-bond donors (Lipinski definition) is 1. The Labute approximate surface area is 114 Å². The molecular formula is C13H15F2N3O2. The number of imidazole rings is 1. The lowest BCUT2D eigenvalue weighted by Gasteiger charge is -2.23. The Morgan fingerprint density at radius 1 is 1.45 bits per heavy atom. The standard InChI is InChI=1S/C13H15F2N3O2/c1-8(17(2)7-11(19)20)12-16-9-5-3-4-6-10(9)18(12)13(14)15/h3-6,8,13H,7H2,1-2H3,(H,19,20). The summed E-state index contributed by atoms with van der Waals surface area (Å²) in [4.78, 5) is 16.4. The highest BCUT2D eigenvalue weighted by Gasteiger charge is 2.24. The van der Waals surface area contributed by atoms with Crippen molar-refractivity contribution in [2.24, 2.45) is 0 Å². The SMILES string of the molecule is CC(c1nc2ccccc2n1C(F)F)N(C)CC(=O)O. The number of carbonyl (C=O) groups is 1. The van der Waals surface area contributed by atoms with Crippen molar-refractivity contribution in [1.29, 1.82) is 0 Å². The predicted molar refractivity (Wildman–Crippen MR) is 69.7 cm³/mol. The predicted octanol–water partition coefficient (Wildman–Crippen LogP) is 2.51. The number of aromatic nitrogens is 2. The highest BCUT2D eigenvalue weighted by Crippen LogP contribution is 2.28. The number of likely N-dealkylation sites (N-methyl/N-ethyl adjacent to an activating group) is 1. The molecule has 0 bridgehead atoms. The zero-order valence-corrected chi connectivity index (χ0v) is 11.1. The Bertz CT molecular complexity index is 627. The van der Waals surface area contributed by atoms with Gasteiger partial charge in [0.2, 0.25) is 0 Å². The van der Waals surface area contributed by atoms with Crippen molar-refractivity contribution in [1.82, 2.24) is 14.5 Å². The lowest BCUT2D eigenvalue weighted by atomic mass is 10.2. The molecule has 7 heteroatoms. The van der Waals surface area contributed by atoms with Crippen molar-refractivity contribution in [2.75, 3.05) is 13.6 Å². The third-order valence-corrected chi connectivity index (χ3v) is 3.24. The number of fused-ring (bicyclic) bond motifs is 1. The van der Waals surface area contributed by atoms with Crippen LogP contribution in [0.3, 0.4) is 0 Å². The van der Waals surface area contributed by atoms with Crippen molar-refractivity contribution >= 4 is 17.0 Å². The van der Waals surface area contributed by atoms with E-state index < -0.39 is 18.6 Å². The summed E-state index contributed by atoms with van der Waals surface area (Å²) in [5, 5.41) is 8.78. The van der Waals surface area contributed by atoms with Crippen molar-refractivity contribution in [3.05, 3.63) is 30.1 Å². The number of carboxylic acids is 1. The number of halogens is 2. The average Bonchev–Trinajstić information content (AvgIpc) is 2.76. The van der Waals surface area contributed by atoms with E-state index in [0.29, 0.717) is 11.0 Å². The molecule has 0 aliphatic rings. The van der Waals surface area contributed by atoms with Crippen LogP contribution in [0.4, 0.5) is 8.78 Å². The highest BCUT2D eigenvalue weighted by molar-refractivity contribution is 5.76. The molecule has 20 heavy (non-hydrogen) atoms. The van der Waals surface area contributed by atoms with E-state index in [0.717, 1.165) is 4.57 Å². The normalized spacial score (nSPS) is 13.3. The molecule has 1 heterocycles. The molecule has 0 radical (unpaired) electrons. The molecule has 0 aliphatic carbocycles. The first-order chi connectivity index (χ1) is 9.41. The first kappa shape index (κ1) is 14.4. The van der Waals surface area contributed by atoms with Gasteiger partial charge in [-0.15, -0.1) is 0 Å². The second-order valence-electron chi connectivity index (χ2n) is 4.59. The third kappa shape index (κ3) is 2.62. The fraction of sp³-hybridized carbons (Fsp3) is 0.385. The lowest BCUT2D eigenvalue weighted by molar-refractivity contribution is -0.138. The fourth-order valence-corrected chi connectivity index (χ4v) is 2.11. The van der Waals surface area contributed by atoms with Crippen LogP contribution in [-0.4, -0.2) is 39.1 Å². The molecule has 0 saturated carbocycles. The molecule has 0 amide bonds. The number of aliphatic carboxylic acids is 1. The minimum atomic E-state index is -2.72. The molecule has 1 atom stereocenters. The van der Waals surface area contributed by atoms with Crippen LogP contribution >= 0.6 is 0 Å². The van der Waals surface area contributed by atoms with Crippen molar-refractivity contribution in [3.8, 4) is 0 Å². The van der Waals surface area contributed by atoms with Crippen molar-refractivity contribution in [2.45, 2.75) is 19.5 Å². The topological polar surface area (TPSA) is 58.4 Å². The van der Waals surface area contributed by atoms with Crippen LogP contribution in [0.15, 0.2) is 24.3 Å². The van der Waals surface area contributed by atoms with Crippen LogP contribution < -0.4 is 0 Å². The van der Waals surface area contributed by atoms with Gasteiger partial charge < -0.3 is 5.11 Å². The Morgan fingerprint density at radius 3 is 2.70 bits per heavy atom. The maximum absolute atomic E-state index is 13.3. The summed E-state index contributed by atoms with van der Waals surface area (Å²) in [5.41, 5.74) is 0.812. The minimum absolute atomic E-state index is 0.157. The first-order valence-corrected chi connectivity index (χ1v) is 6.09. The summed E-state index contributed by atoms with van der Waals surface area (Å²) >= 11 is 0. The van der Waals surface area contributed by atoms with E-state index >= 15 is 0 Å². The summed E-state index contributed by atoms with van der Waals surface area (Å²) < 4.78 is 27.4. The summed E-state index contributed by atoms with van der Waals surface area (Å²) in [6, 6.07) is 6.08. The summed E-state index contributed by atoms with van der Waals surface area (Å²) in [6.45, 7) is -1.31. The van der Waals surface area contributed by atoms with Crippen LogP contribution in [0.5, 0.6) is 0 Å². The molecule has 1 unspecified atom stereocenters. The number of hydrogen-bond acceptors (Lipinski definition) is 3. The van der Waals surface area contributed by atoms with Gasteiger partial charge in [-0.25, -0.2) is 4.98 Å². The molecule has 2 aromatic rings. The van der Waals surface area contributed by atoms with E-state index in [-0.39, 0.29) is 12.4 Å². The second kappa shape index (κ2) is 5.54. The maximum atomic E-state index is 13.3. The van der Waals surface area contributed by atoms with Gasteiger partial charge in [0.05, 0.1) is 23.6 Å². The number of rotatable bonds is 5. The van der Waals surface area contributed by atoms with Crippen LogP contribution in [0.25, 0.3) is 11.0 Å². The van der Waals surface area contributed by atoms with Gasteiger partial charge in [0.1, 0.15) is 5.82 Å². The Balaban J connectivity index is 2.47. The molecule has 1 aromatic carbocycles. The van der Waals surface area contributed by atoms with Crippen molar-refractivity contribution in [3.63, 3.8) is 0 Å². The summed E-state index contributed by atoms with van der Waals surface area (Å²) in [7, 11) is 1.56. The molecule has 0 aliphatic heterocycles. The summed E-state index contributed by atoms with van der Waals surface area (Å²) in [6.07, 6.45) is 0. The largest absolute Gasteiger partial charge is 0.480 e. The molecule has 0 spiro atoms. The quantitative estimate of drug-likeness (QED) is 0.916. The zero-order valence-electron chi connectivity index (χ0n) is 11.1. The van der Waals surface area contributed by atoms with E-state index in [1.165, 1.54) is 4.90 Å². The smallest absolute Gasteiger partial charge is 0.320 e. The van der Waals surface area contributed by atoms with Crippen molar-refractivity contribution < 1.29 is 18.7 Å². The van der Waals surface area contributed by atoms with E-state index in [1.807, 2.05) is 0 Å². The first-order valence-electron chi connectivity index (χ1n) is 6.09. The van der Waals surface area contributed by atoms with Gasteiger partial charge in [-0.3, -0.25) is 14.3 Å². The molecular weight excluding hydrogens is 268 g/mol. The van der Waals surface area contributed by atoms with Gasteiger partial charge in [0, 0.05) is 0 Å². The fourth-order valence-electron chi connectivity index (χ4n) is 2.11. The number of carboxylic acid groups (broad SMARTS) is 1. The molecule has 0 saturated heterocycles. The van der Waals surface area contributed by atoms with Gasteiger partial charge in [-0.05, 0) is 26.1 Å². The Hall–Kier alpha value is -2.02. The number of alkyl halides is 2. The van der Waals surface area contributed by atoms with Gasteiger partial charge in [0.25, 0.3) is 0 Å². The minimum Gasteiger partial charge on any atom is -0.480 e. The van der Waals surface area contributed by atoms with Gasteiger partial charge in [-0.2, -0.15) is 8.78 Å². The average molecular weight is 283 g/mol. The van der Waals surface area contributed by atoms with E-state index in [2.05, 4.69) is 4.98 Å². The second-order valence-corrected chi connectivity index (χ2v) is 4.59. The third-order valence-electron chi connectivity index (χ3n) is 3.24. The van der Waals surface area contributed by atoms with Crippen LogP contribution in [-0.2, 0) is 4.79 Å². The van der Waals surface area contributed by atoms with E-state index in [9.17, 15) is 13.6 Å². The van der Waals surface area contributed by atoms with Crippen LogP contribution in [0, 0.1) is 0 Å². The van der Waals surface area contributed by atoms with Gasteiger partial charge >= 0.3 is 12.5 Å². The molecule has 0 fully saturated rings. The van der Waals surface area contributed by atoms with Gasteiger partial charge in [-0.1, -0.05) is 12.1 Å². The molecule has 2 rings (SSSR count). The number of benzene rings is 1. The van der Waals surface area contributed by atoms with E-state index in [4.69, 9.17) is 5.11 Å². The molecule has 108 valence electrons. The zero-order chi connectivity index (χ0) is 14.9.